The van der Waals surface area contributed by atoms with Gasteiger partial charge in [-0.3, -0.25) is 0 Å². The van der Waals surface area contributed by atoms with Gasteiger partial charge < -0.3 is 0 Å². The van der Waals surface area contributed by atoms with Crippen LogP contribution in [0.2, 0.25) is 0 Å². The SMILES string of the molecule is C=C([I-]C)c1ccc2cc(C(=O)NS(=O)(=O)C(F)(F)F)ccc2c1. The van der Waals surface area contributed by atoms with Gasteiger partial charge in [0, 0.05) is 0 Å². The predicted molar refractivity (Wildman–Crippen MR) is 81.3 cm³/mol. The summed E-state index contributed by atoms with van der Waals surface area (Å²) in [5.41, 5.74) is -4.75. The van der Waals surface area contributed by atoms with E-state index in [0.29, 0.717) is 5.39 Å². The second kappa shape index (κ2) is 6.71. The summed E-state index contributed by atoms with van der Waals surface area (Å²) in [6, 6.07) is 9.55. The fraction of sp³-hybridized carbons (Fsp3) is 0.133. The molecule has 0 aliphatic rings. The minimum atomic E-state index is -5.73. The summed E-state index contributed by atoms with van der Waals surface area (Å²) in [6.07, 6.45) is 0. The van der Waals surface area contributed by atoms with Crippen molar-refractivity contribution in [1.29, 1.82) is 0 Å². The Morgan fingerprint density at radius 1 is 1.08 bits per heavy atom. The fourth-order valence-electron chi connectivity index (χ4n) is 1.90. The molecule has 1 amide bonds. The molecule has 2 aromatic carbocycles. The third-order valence-corrected chi connectivity index (χ3v) is 6.16. The summed E-state index contributed by atoms with van der Waals surface area (Å²) in [5, 5.41) is 1.39. The Kier molecular flexibility index (Phi) is 5.23. The molecule has 0 bridgehead atoms. The van der Waals surface area contributed by atoms with Gasteiger partial charge >= 0.3 is 147 Å². The van der Waals surface area contributed by atoms with Gasteiger partial charge in [0.1, 0.15) is 0 Å². The summed E-state index contributed by atoms with van der Waals surface area (Å²) < 4.78 is 61.0. The van der Waals surface area contributed by atoms with Gasteiger partial charge in [0.25, 0.3) is 0 Å². The average Bonchev–Trinajstić information content (AvgIpc) is 2.51. The summed E-state index contributed by atoms with van der Waals surface area (Å²) in [6.45, 7) is 3.97. The van der Waals surface area contributed by atoms with Gasteiger partial charge in [0.05, 0.1) is 0 Å². The van der Waals surface area contributed by atoms with Crippen LogP contribution >= 0.6 is 0 Å². The molecule has 0 atom stereocenters. The van der Waals surface area contributed by atoms with Gasteiger partial charge in [-0.15, -0.1) is 0 Å². The molecule has 0 spiro atoms. The second-order valence-corrected chi connectivity index (χ2v) is 8.81. The summed E-state index contributed by atoms with van der Waals surface area (Å²) in [5.74, 6) is -1.33. The number of carbonyl (C=O) groups excluding carboxylic acids is 1. The molecular weight excluding hydrogens is 458 g/mol. The van der Waals surface area contributed by atoms with E-state index in [0.717, 1.165) is 19.3 Å². The normalized spacial score (nSPS) is 12.3. The maximum atomic E-state index is 12.3. The number of hydrogen-bond donors (Lipinski definition) is 1. The molecule has 0 saturated heterocycles. The van der Waals surface area contributed by atoms with Crippen LogP contribution in [0.25, 0.3) is 14.4 Å². The van der Waals surface area contributed by atoms with Crippen LogP contribution in [0.1, 0.15) is 15.9 Å². The van der Waals surface area contributed by atoms with Gasteiger partial charge in [-0.1, -0.05) is 0 Å². The average molecular weight is 470 g/mol. The van der Waals surface area contributed by atoms with Crippen LogP contribution in [-0.2, 0) is 10.0 Å². The van der Waals surface area contributed by atoms with Gasteiger partial charge in [0.15, 0.2) is 0 Å². The molecule has 9 heteroatoms. The van der Waals surface area contributed by atoms with Crippen molar-refractivity contribution in [2.75, 3.05) is 4.93 Å². The first kappa shape index (κ1) is 18.7. The standard InChI is InChI=1S/C15H12F3INO3S/c1-9(19-2)10-3-4-12-8-13(6-5-11(12)7-10)14(21)20-24(22,23)15(16,17)18/h3-8H,1H2,2H3,(H,20,21)/q-1. The number of halogens is 4. The minimum absolute atomic E-state index is 0.167. The Morgan fingerprint density at radius 3 is 2.08 bits per heavy atom. The van der Waals surface area contributed by atoms with Gasteiger partial charge in [-0.25, -0.2) is 0 Å². The maximum absolute atomic E-state index is 12.3. The number of nitrogens with one attached hydrogen (secondary N) is 1. The van der Waals surface area contributed by atoms with E-state index in [-0.39, 0.29) is 26.8 Å². The first-order valence-corrected chi connectivity index (χ1v) is 11.1. The van der Waals surface area contributed by atoms with Crippen molar-refractivity contribution in [2.45, 2.75) is 5.51 Å². The van der Waals surface area contributed by atoms with Gasteiger partial charge in [0.2, 0.25) is 0 Å². The third kappa shape index (κ3) is 3.89. The zero-order valence-electron chi connectivity index (χ0n) is 12.3. The molecular formula is C15H12F3INO3S-. The van der Waals surface area contributed by atoms with Crippen molar-refractivity contribution in [2.24, 2.45) is 0 Å². The molecule has 2 aromatic rings. The van der Waals surface area contributed by atoms with E-state index >= 15 is 0 Å². The molecule has 0 radical (unpaired) electrons. The molecule has 0 saturated carbocycles. The molecule has 1 N–H and O–H groups in total. The van der Waals surface area contributed by atoms with Crippen LogP contribution in [0.5, 0.6) is 0 Å². The van der Waals surface area contributed by atoms with Gasteiger partial charge in [-0.2, -0.15) is 0 Å². The number of benzene rings is 2. The Morgan fingerprint density at radius 2 is 1.58 bits per heavy atom. The molecule has 2 rings (SSSR count). The van der Waals surface area contributed by atoms with Gasteiger partial charge in [-0.05, 0) is 0 Å². The zero-order valence-corrected chi connectivity index (χ0v) is 15.3. The van der Waals surface area contributed by atoms with Crippen molar-refractivity contribution in [3.8, 4) is 0 Å². The Balaban J connectivity index is 2.34. The van der Waals surface area contributed by atoms with Crippen molar-refractivity contribution < 1.29 is 47.6 Å². The van der Waals surface area contributed by atoms with Crippen LogP contribution < -0.4 is 25.9 Å². The van der Waals surface area contributed by atoms with E-state index in [1.807, 2.05) is 12.1 Å². The second-order valence-electron chi connectivity index (χ2n) is 4.75. The van der Waals surface area contributed by atoms with Crippen LogP contribution in [-0.4, -0.2) is 24.8 Å². The molecule has 130 valence electrons. The predicted octanol–water partition coefficient (Wildman–Crippen LogP) is 0.109. The van der Waals surface area contributed by atoms with E-state index in [4.69, 9.17) is 0 Å². The van der Waals surface area contributed by atoms with Crippen molar-refractivity contribution in [3.05, 3.63) is 54.1 Å². The molecule has 0 aromatic heterocycles. The van der Waals surface area contributed by atoms with E-state index in [1.165, 1.54) is 12.1 Å². The number of fused-ring (bicyclic) bond motifs is 1. The van der Waals surface area contributed by atoms with E-state index < -0.39 is 21.4 Å². The van der Waals surface area contributed by atoms with Crippen molar-refractivity contribution >= 4 is 30.3 Å². The number of amides is 1. The first-order valence-electron chi connectivity index (χ1n) is 6.41. The van der Waals surface area contributed by atoms with E-state index in [1.54, 1.807) is 12.1 Å². The Hall–Kier alpha value is -1.62. The molecule has 4 nitrogen and oxygen atoms in total. The van der Waals surface area contributed by atoms with Crippen LogP contribution in [0.4, 0.5) is 13.2 Å². The Bertz CT molecular complexity index is 923. The number of alkyl halides is 4. The van der Waals surface area contributed by atoms with Crippen LogP contribution in [0, 0.1) is 0 Å². The van der Waals surface area contributed by atoms with E-state index in [2.05, 4.69) is 11.5 Å². The number of hydrogen-bond acceptors (Lipinski definition) is 3. The van der Waals surface area contributed by atoms with Crippen molar-refractivity contribution in [3.63, 3.8) is 0 Å². The molecule has 0 unspecified atom stereocenters. The molecule has 0 heterocycles. The summed E-state index contributed by atoms with van der Waals surface area (Å²) in [7, 11) is -5.73. The number of carbonyl (C=O) groups is 1. The molecule has 0 aliphatic carbocycles. The zero-order chi connectivity index (χ0) is 18.1. The Labute approximate surface area is 147 Å². The fourth-order valence-corrected chi connectivity index (χ4v) is 3.34. The summed E-state index contributed by atoms with van der Waals surface area (Å²) in [4.78, 5) is 13.8. The molecule has 0 fully saturated rings. The van der Waals surface area contributed by atoms with Crippen molar-refractivity contribution in [1.82, 2.24) is 4.72 Å². The molecule has 0 aliphatic heterocycles. The topological polar surface area (TPSA) is 63.2 Å². The monoisotopic (exact) mass is 470 g/mol. The quantitative estimate of drug-likeness (QED) is 0.510. The number of rotatable bonds is 4. The van der Waals surface area contributed by atoms with Crippen LogP contribution in [0.3, 0.4) is 0 Å². The summed E-state index contributed by atoms with van der Waals surface area (Å²) >= 11 is -0.167. The first-order chi connectivity index (χ1) is 11.0. The molecule has 24 heavy (non-hydrogen) atoms. The number of sulfonamides is 1. The third-order valence-electron chi connectivity index (χ3n) is 3.18. The van der Waals surface area contributed by atoms with E-state index in [9.17, 15) is 26.4 Å². The van der Waals surface area contributed by atoms with Crippen LogP contribution in [0.15, 0.2) is 43.0 Å².